The minimum Gasteiger partial charge on any atom is -0.387 e. The first-order valence-electron chi connectivity index (χ1n) is 2.21. The van der Waals surface area contributed by atoms with Crippen LogP contribution in [0.15, 0.2) is 25.3 Å². The number of rotatable bonds is 2. The normalized spacial score (nSPS) is 6.80. The molecule has 0 saturated carbocycles. The maximum Gasteiger partial charge on any atom is 0.338 e. The summed E-state index contributed by atoms with van der Waals surface area (Å²) in [4.78, 5) is 20.3. The molecule has 0 N–H and O–H groups in total. The molecule has 0 aromatic heterocycles. The van der Waals surface area contributed by atoms with Gasteiger partial charge in [-0.2, -0.15) is 0 Å². The van der Waals surface area contributed by atoms with E-state index in [2.05, 4.69) is 17.9 Å². The average Bonchev–Trinajstić information content (AvgIpc) is 1.87. The van der Waals surface area contributed by atoms with Crippen LogP contribution in [0.2, 0.25) is 0 Å². The Morgan fingerprint density at radius 2 is 1.40 bits per heavy atom. The van der Waals surface area contributed by atoms with Crippen LogP contribution in [-0.4, -0.2) is 11.9 Å². The average molecular weight is 234 g/mol. The molecule has 0 aliphatic carbocycles. The van der Waals surface area contributed by atoms with Crippen molar-refractivity contribution in [3.63, 3.8) is 0 Å². The first kappa shape index (κ1) is 12.1. The molecule has 0 amide bonds. The van der Waals surface area contributed by atoms with E-state index >= 15 is 0 Å². The zero-order valence-electron chi connectivity index (χ0n) is 5.10. The van der Waals surface area contributed by atoms with Crippen LogP contribution < -0.4 is 0 Å². The molecule has 3 nitrogen and oxygen atoms in total. The topological polar surface area (TPSA) is 43.4 Å². The van der Waals surface area contributed by atoms with E-state index < -0.39 is 11.9 Å². The van der Waals surface area contributed by atoms with Gasteiger partial charge in [0.1, 0.15) is 0 Å². The van der Waals surface area contributed by atoms with Gasteiger partial charge in [-0.3, -0.25) is 0 Å². The van der Waals surface area contributed by atoms with Crippen LogP contribution in [0.3, 0.4) is 0 Å². The van der Waals surface area contributed by atoms with E-state index in [1.807, 2.05) is 0 Å². The maximum absolute atomic E-state index is 10.2. The summed E-state index contributed by atoms with van der Waals surface area (Å²) in [7, 11) is 0. The van der Waals surface area contributed by atoms with Crippen LogP contribution in [0.5, 0.6) is 0 Å². The quantitative estimate of drug-likeness (QED) is 0.301. The van der Waals surface area contributed by atoms with Crippen LogP contribution in [0, 0.1) is 0 Å². The number of hydrogen-bond acceptors (Lipinski definition) is 3. The molecule has 0 atom stereocenters. The van der Waals surface area contributed by atoms with E-state index in [0.717, 1.165) is 12.2 Å². The van der Waals surface area contributed by atoms with Crippen molar-refractivity contribution in [2.75, 3.05) is 0 Å². The van der Waals surface area contributed by atoms with Crippen molar-refractivity contribution in [2.45, 2.75) is 0 Å². The molecule has 4 heteroatoms. The Hall–Kier alpha value is -0.640. The van der Waals surface area contributed by atoms with Crippen LogP contribution >= 0.6 is 0 Å². The fourth-order valence-corrected chi connectivity index (χ4v) is 0.182. The third-order valence-corrected chi connectivity index (χ3v) is 0.535. The molecule has 0 rings (SSSR count). The number of carbonyl (C=O) groups is 2. The van der Waals surface area contributed by atoms with Gasteiger partial charge in [-0.1, -0.05) is 13.2 Å². The van der Waals surface area contributed by atoms with E-state index in [1.54, 1.807) is 0 Å². The summed E-state index contributed by atoms with van der Waals surface area (Å²) in [6, 6.07) is 0. The zero-order chi connectivity index (χ0) is 7.28. The van der Waals surface area contributed by atoms with Gasteiger partial charge in [0.15, 0.2) is 0 Å². The molecule has 1 radical (unpaired) electrons. The molecule has 0 aromatic carbocycles. The van der Waals surface area contributed by atoms with Crippen LogP contribution in [0.4, 0.5) is 0 Å². The third kappa shape index (κ3) is 5.50. The summed E-state index contributed by atoms with van der Waals surface area (Å²) < 4.78 is 4.03. The molecule has 0 heterocycles. The smallest absolute Gasteiger partial charge is 0.338 e. The van der Waals surface area contributed by atoms with Crippen LogP contribution in [0.25, 0.3) is 0 Å². The molecule has 59 valence electrons. The minimum absolute atomic E-state index is 0. The van der Waals surface area contributed by atoms with Crippen molar-refractivity contribution in [1.82, 2.24) is 0 Å². The Balaban J connectivity index is 0. The largest absolute Gasteiger partial charge is 0.387 e. The maximum atomic E-state index is 10.2. The molecule has 10 heavy (non-hydrogen) atoms. The third-order valence-electron chi connectivity index (χ3n) is 0.535. The van der Waals surface area contributed by atoms with Gasteiger partial charge in [-0.05, 0) is 0 Å². The molecule has 0 saturated heterocycles. The Labute approximate surface area is 74.3 Å². The minimum atomic E-state index is -0.764. The van der Waals surface area contributed by atoms with Crippen molar-refractivity contribution in [1.29, 1.82) is 0 Å². The predicted octanol–water partition coefficient (Wildman–Crippen LogP) is 0.426. The number of esters is 2. The summed E-state index contributed by atoms with van der Waals surface area (Å²) >= 11 is 0. The summed E-state index contributed by atoms with van der Waals surface area (Å²) in [6.45, 7) is 6.17. The van der Waals surface area contributed by atoms with Gasteiger partial charge in [-0.15, -0.1) is 0 Å². The SMILES string of the molecule is C=CC(=O)OC(=O)C=C.[Ag]. The Morgan fingerprint density at radius 3 is 1.60 bits per heavy atom. The van der Waals surface area contributed by atoms with Gasteiger partial charge in [-0.25, -0.2) is 9.59 Å². The molecule has 0 bridgehead atoms. The molecule has 0 unspecified atom stereocenters. The first-order valence-corrected chi connectivity index (χ1v) is 2.21. The first-order chi connectivity index (χ1) is 4.20. The predicted molar refractivity (Wildman–Crippen MR) is 31.5 cm³/mol. The van der Waals surface area contributed by atoms with Crippen molar-refractivity contribution in [3.8, 4) is 0 Å². The molecular formula is C6H6AgO3. The Bertz CT molecular complexity index is 144. The van der Waals surface area contributed by atoms with Gasteiger partial charge in [0.2, 0.25) is 0 Å². The molecule has 0 aromatic rings. The fraction of sp³-hybridized carbons (Fsp3) is 0. The fourth-order valence-electron chi connectivity index (χ4n) is 0.182. The van der Waals surface area contributed by atoms with Crippen LogP contribution in [-0.2, 0) is 36.7 Å². The number of carbonyl (C=O) groups excluding carboxylic acids is 2. The zero-order valence-corrected chi connectivity index (χ0v) is 6.58. The molecule has 0 aliphatic rings. The standard InChI is InChI=1S/C6H6O3.Ag/c1-3-5(7)9-6(8)4-2;/h3-4H,1-2H2;. The summed E-state index contributed by atoms with van der Waals surface area (Å²) in [5.74, 6) is -1.53. The second kappa shape index (κ2) is 6.48. The summed E-state index contributed by atoms with van der Waals surface area (Å²) in [6.07, 6.45) is 1.81. The van der Waals surface area contributed by atoms with E-state index in [4.69, 9.17) is 0 Å². The van der Waals surface area contributed by atoms with Crippen molar-refractivity contribution >= 4 is 11.9 Å². The molecular weight excluding hydrogens is 228 g/mol. The summed E-state index contributed by atoms with van der Waals surface area (Å²) in [5, 5.41) is 0. The summed E-state index contributed by atoms with van der Waals surface area (Å²) in [5.41, 5.74) is 0. The van der Waals surface area contributed by atoms with Gasteiger partial charge < -0.3 is 4.74 Å². The van der Waals surface area contributed by atoms with E-state index in [1.165, 1.54) is 0 Å². The molecule has 0 spiro atoms. The van der Waals surface area contributed by atoms with E-state index in [-0.39, 0.29) is 22.4 Å². The number of ether oxygens (including phenoxy) is 1. The van der Waals surface area contributed by atoms with Gasteiger partial charge in [0.25, 0.3) is 0 Å². The van der Waals surface area contributed by atoms with Gasteiger partial charge >= 0.3 is 11.9 Å². The van der Waals surface area contributed by atoms with E-state index in [0.29, 0.717) is 0 Å². The number of hydrogen-bond donors (Lipinski definition) is 0. The second-order valence-electron chi connectivity index (χ2n) is 1.15. The Morgan fingerprint density at radius 1 is 1.10 bits per heavy atom. The molecule has 0 fully saturated rings. The van der Waals surface area contributed by atoms with Crippen molar-refractivity contribution < 1.29 is 36.7 Å². The van der Waals surface area contributed by atoms with Crippen LogP contribution in [0.1, 0.15) is 0 Å². The van der Waals surface area contributed by atoms with Crippen molar-refractivity contribution in [2.24, 2.45) is 0 Å². The Kier molecular flexibility index (Phi) is 7.83. The van der Waals surface area contributed by atoms with Crippen molar-refractivity contribution in [3.05, 3.63) is 25.3 Å². The monoisotopic (exact) mass is 233 g/mol. The van der Waals surface area contributed by atoms with Gasteiger partial charge in [0.05, 0.1) is 0 Å². The van der Waals surface area contributed by atoms with E-state index in [9.17, 15) is 9.59 Å². The molecule has 0 aliphatic heterocycles. The van der Waals surface area contributed by atoms with Gasteiger partial charge in [0, 0.05) is 34.5 Å². The second-order valence-corrected chi connectivity index (χ2v) is 1.15.